The molecule has 1 atom stereocenters. The van der Waals surface area contributed by atoms with Gasteiger partial charge in [0.25, 0.3) is 5.91 Å². The van der Waals surface area contributed by atoms with Crippen molar-refractivity contribution >= 4 is 17.2 Å². The maximum Gasteiger partial charge on any atom is 0.251 e. The van der Waals surface area contributed by atoms with Crippen molar-refractivity contribution < 1.29 is 9.53 Å². The van der Waals surface area contributed by atoms with E-state index >= 15 is 0 Å². The molecular formula is C13H12N2O2S. The van der Waals surface area contributed by atoms with Crippen LogP contribution in [0.1, 0.15) is 5.01 Å². The van der Waals surface area contributed by atoms with Crippen LogP contribution in [0, 0.1) is 0 Å². The summed E-state index contributed by atoms with van der Waals surface area (Å²) in [4.78, 5) is 16.8. The van der Waals surface area contributed by atoms with Gasteiger partial charge in [0.1, 0.15) is 5.01 Å². The molecule has 0 aliphatic carbocycles. The first-order valence-corrected chi connectivity index (χ1v) is 6.54. The number of rotatable bonds is 4. The van der Waals surface area contributed by atoms with Gasteiger partial charge in [0.05, 0.1) is 18.0 Å². The molecule has 2 aromatic rings. The van der Waals surface area contributed by atoms with Gasteiger partial charge in [-0.1, -0.05) is 30.3 Å². The van der Waals surface area contributed by atoms with E-state index in [-0.39, 0.29) is 12.0 Å². The molecule has 92 valence electrons. The summed E-state index contributed by atoms with van der Waals surface area (Å²) in [6, 6.07) is 10.1. The smallest absolute Gasteiger partial charge is 0.251 e. The number of ether oxygens (including phenoxy) is 1. The van der Waals surface area contributed by atoms with Gasteiger partial charge < -0.3 is 10.1 Å². The summed E-state index contributed by atoms with van der Waals surface area (Å²) in [5.74, 6) is -0.0496. The summed E-state index contributed by atoms with van der Waals surface area (Å²) >= 11 is 1.59. The lowest BCUT2D eigenvalue weighted by molar-refractivity contribution is -0.122. The quantitative estimate of drug-likeness (QED) is 0.853. The molecule has 2 heterocycles. The second-order valence-electron chi connectivity index (χ2n) is 4.02. The summed E-state index contributed by atoms with van der Waals surface area (Å²) in [5.41, 5.74) is 1.15. The molecular weight excluding hydrogens is 248 g/mol. The molecule has 1 unspecified atom stereocenters. The van der Waals surface area contributed by atoms with Crippen molar-refractivity contribution in [3.05, 3.63) is 41.5 Å². The third-order valence-electron chi connectivity index (χ3n) is 2.65. The topological polar surface area (TPSA) is 54.5 Å². The van der Waals surface area contributed by atoms with E-state index in [9.17, 15) is 4.79 Å². The van der Waals surface area contributed by atoms with Crippen LogP contribution in [-0.2, 0) is 16.1 Å². The molecule has 4 nitrogen and oxygen atoms in total. The molecule has 0 radical (unpaired) electrons. The number of carbonyl (C=O) groups excluding carboxylic acids is 1. The van der Waals surface area contributed by atoms with E-state index in [1.165, 1.54) is 0 Å². The second kappa shape index (κ2) is 4.88. The average molecular weight is 260 g/mol. The monoisotopic (exact) mass is 260 g/mol. The summed E-state index contributed by atoms with van der Waals surface area (Å²) in [5, 5.41) is 3.72. The molecule has 1 aliphatic rings. The van der Waals surface area contributed by atoms with Crippen molar-refractivity contribution in [2.45, 2.75) is 12.6 Å². The third kappa shape index (κ3) is 2.57. The summed E-state index contributed by atoms with van der Waals surface area (Å²) in [6.45, 7) is 1.01. The Morgan fingerprint density at radius 2 is 2.22 bits per heavy atom. The van der Waals surface area contributed by atoms with Crippen LogP contribution in [0.25, 0.3) is 10.4 Å². The zero-order valence-corrected chi connectivity index (χ0v) is 10.4. The highest BCUT2D eigenvalue weighted by molar-refractivity contribution is 7.15. The molecule has 1 aromatic heterocycles. The fraction of sp³-hybridized carbons (Fsp3) is 0.231. The van der Waals surface area contributed by atoms with Crippen LogP contribution in [0.5, 0.6) is 0 Å². The van der Waals surface area contributed by atoms with Crippen molar-refractivity contribution in [2.75, 3.05) is 6.61 Å². The van der Waals surface area contributed by atoms with E-state index in [4.69, 9.17) is 4.74 Å². The standard InChI is InChI=1S/C13H12N2O2S/c16-13(10-8-17-10)15-7-12-14-6-11(18-12)9-4-2-1-3-5-9/h1-6,10H,7-8H2,(H,15,16). The van der Waals surface area contributed by atoms with Crippen LogP contribution in [0.2, 0.25) is 0 Å². The Kier molecular flexibility index (Phi) is 3.08. The number of hydrogen-bond donors (Lipinski definition) is 1. The zero-order chi connectivity index (χ0) is 12.4. The Bertz CT molecular complexity index is 549. The van der Waals surface area contributed by atoms with Gasteiger partial charge in [-0.25, -0.2) is 4.98 Å². The van der Waals surface area contributed by atoms with Crippen LogP contribution in [0.15, 0.2) is 36.5 Å². The highest BCUT2D eigenvalue weighted by Crippen LogP contribution is 2.25. The number of aromatic nitrogens is 1. The predicted molar refractivity (Wildman–Crippen MR) is 69.1 cm³/mol. The van der Waals surface area contributed by atoms with E-state index < -0.39 is 0 Å². The van der Waals surface area contributed by atoms with Gasteiger partial charge in [0.2, 0.25) is 0 Å². The van der Waals surface area contributed by atoms with E-state index in [0.717, 1.165) is 15.4 Å². The number of amides is 1. The lowest BCUT2D eigenvalue weighted by Gasteiger charge is -1.98. The number of carbonyl (C=O) groups is 1. The van der Waals surface area contributed by atoms with Crippen molar-refractivity contribution in [3.63, 3.8) is 0 Å². The van der Waals surface area contributed by atoms with E-state index in [1.54, 1.807) is 11.3 Å². The molecule has 1 aromatic carbocycles. The van der Waals surface area contributed by atoms with Crippen molar-refractivity contribution in [3.8, 4) is 10.4 Å². The summed E-state index contributed by atoms with van der Waals surface area (Å²) in [7, 11) is 0. The number of epoxide rings is 1. The molecule has 0 saturated carbocycles. The third-order valence-corrected chi connectivity index (χ3v) is 3.70. The van der Waals surface area contributed by atoms with Crippen LogP contribution < -0.4 is 5.32 Å². The molecule has 0 bridgehead atoms. The first-order chi connectivity index (χ1) is 8.83. The minimum atomic E-state index is -0.237. The van der Waals surface area contributed by atoms with Gasteiger partial charge >= 0.3 is 0 Å². The molecule has 18 heavy (non-hydrogen) atoms. The highest BCUT2D eigenvalue weighted by atomic mass is 32.1. The van der Waals surface area contributed by atoms with Gasteiger partial charge in [-0.2, -0.15) is 0 Å². The number of thiazole rings is 1. The Balaban J connectivity index is 1.64. The maximum absolute atomic E-state index is 11.4. The summed E-state index contributed by atoms with van der Waals surface area (Å²) in [6.07, 6.45) is 1.60. The number of nitrogens with one attached hydrogen (secondary N) is 1. The molecule has 1 aliphatic heterocycles. The van der Waals surface area contributed by atoms with Crippen LogP contribution >= 0.6 is 11.3 Å². The molecule has 1 N–H and O–H groups in total. The Morgan fingerprint density at radius 3 is 2.94 bits per heavy atom. The Labute approximate surface area is 109 Å². The normalized spacial score (nSPS) is 17.4. The zero-order valence-electron chi connectivity index (χ0n) is 9.63. The van der Waals surface area contributed by atoms with Gasteiger partial charge in [-0.3, -0.25) is 4.79 Å². The second-order valence-corrected chi connectivity index (χ2v) is 5.14. The van der Waals surface area contributed by atoms with E-state index in [2.05, 4.69) is 10.3 Å². The van der Waals surface area contributed by atoms with Crippen LogP contribution in [0.3, 0.4) is 0 Å². The molecule has 1 amide bonds. The predicted octanol–water partition coefficient (Wildman–Crippen LogP) is 1.83. The lowest BCUT2D eigenvalue weighted by Crippen LogP contribution is -2.27. The molecule has 1 saturated heterocycles. The molecule has 0 spiro atoms. The number of benzene rings is 1. The molecule has 1 fully saturated rings. The van der Waals surface area contributed by atoms with Gasteiger partial charge in [-0.05, 0) is 5.56 Å². The minimum absolute atomic E-state index is 0.0496. The van der Waals surface area contributed by atoms with Gasteiger partial charge in [0, 0.05) is 6.20 Å². The molecule has 5 heteroatoms. The lowest BCUT2D eigenvalue weighted by atomic mass is 10.2. The molecule has 3 rings (SSSR count). The fourth-order valence-electron chi connectivity index (χ4n) is 1.60. The van der Waals surface area contributed by atoms with E-state index in [0.29, 0.717) is 13.2 Å². The van der Waals surface area contributed by atoms with Crippen LogP contribution in [0.4, 0.5) is 0 Å². The van der Waals surface area contributed by atoms with Crippen molar-refractivity contribution in [1.82, 2.24) is 10.3 Å². The van der Waals surface area contributed by atoms with E-state index in [1.807, 2.05) is 36.5 Å². The summed E-state index contributed by atoms with van der Waals surface area (Å²) < 4.78 is 4.90. The first kappa shape index (κ1) is 11.4. The average Bonchev–Trinajstić information content (AvgIpc) is 3.16. The first-order valence-electron chi connectivity index (χ1n) is 5.72. The highest BCUT2D eigenvalue weighted by Gasteiger charge is 2.30. The largest absolute Gasteiger partial charge is 0.363 e. The van der Waals surface area contributed by atoms with Crippen LogP contribution in [-0.4, -0.2) is 23.6 Å². The van der Waals surface area contributed by atoms with Gasteiger partial charge in [-0.15, -0.1) is 11.3 Å². The fourth-order valence-corrected chi connectivity index (χ4v) is 2.47. The number of hydrogen-bond acceptors (Lipinski definition) is 4. The SMILES string of the molecule is O=C(NCc1ncc(-c2ccccc2)s1)C1CO1. The van der Waals surface area contributed by atoms with Crippen molar-refractivity contribution in [1.29, 1.82) is 0 Å². The minimum Gasteiger partial charge on any atom is -0.363 e. The number of nitrogens with zero attached hydrogens (tertiary/aromatic N) is 1. The Hall–Kier alpha value is -1.72. The maximum atomic E-state index is 11.4. The Morgan fingerprint density at radius 1 is 1.44 bits per heavy atom. The van der Waals surface area contributed by atoms with Crippen molar-refractivity contribution in [2.24, 2.45) is 0 Å². The van der Waals surface area contributed by atoms with Gasteiger partial charge in [0.15, 0.2) is 6.10 Å².